The van der Waals surface area contributed by atoms with E-state index in [4.69, 9.17) is 18.9 Å². The van der Waals surface area contributed by atoms with Gasteiger partial charge in [0.25, 0.3) is 6.29 Å². The Bertz CT molecular complexity index is 980. The molecule has 0 aliphatic heterocycles. The van der Waals surface area contributed by atoms with Crippen molar-refractivity contribution in [3.05, 3.63) is 12.2 Å². The summed E-state index contributed by atoms with van der Waals surface area (Å²) in [6, 6.07) is 0. The lowest BCUT2D eigenvalue weighted by Crippen LogP contribution is -2.40. The molecule has 9 nitrogen and oxygen atoms in total. The van der Waals surface area contributed by atoms with Gasteiger partial charge >= 0.3 is 17.9 Å². The molecule has 348 valence electrons. The van der Waals surface area contributed by atoms with E-state index in [0.29, 0.717) is 17.4 Å². The molecule has 0 saturated heterocycles. The van der Waals surface area contributed by atoms with Crippen LogP contribution in [-0.2, 0) is 33.3 Å². The van der Waals surface area contributed by atoms with Gasteiger partial charge in [-0.05, 0) is 38.5 Å². The number of rotatable bonds is 46. The third kappa shape index (κ3) is 43.9. The highest BCUT2D eigenvalue weighted by molar-refractivity contribution is 5.71. The lowest BCUT2D eigenvalue weighted by atomic mass is 10.0. The second-order valence-electron chi connectivity index (χ2n) is 18.1. The molecular weight excluding hydrogens is 743 g/mol. The molecule has 0 aromatic carbocycles. The van der Waals surface area contributed by atoms with Crippen LogP contribution in [0, 0.1) is 0 Å². The first kappa shape index (κ1) is 57.0. The van der Waals surface area contributed by atoms with Crippen LogP contribution in [0.1, 0.15) is 232 Å². The number of hydrogen-bond donors (Lipinski definition) is 1. The average Bonchev–Trinajstić information content (AvgIpc) is 3.19. The molecule has 2 atom stereocenters. The highest BCUT2D eigenvalue weighted by atomic mass is 16.7. The molecule has 0 aromatic heterocycles. The van der Waals surface area contributed by atoms with E-state index in [9.17, 15) is 19.5 Å². The fraction of sp³-hybridized carbons (Fsp3) is 0.900. The van der Waals surface area contributed by atoms with Gasteiger partial charge in [0.15, 0.2) is 6.10 Å². The van der Waals surface area contributed by atoms with Gasteiger partial charge in [-0.1, -0.05) is 193 Å². The minimum Gasteiger partial charge on any atom is -0.477 e. The van der Waals surface area contributed by atoms with Crippen LogP contribution in [0.2, 0.25) is 0 Å². The number of carbonyl (C=O) groups excluding carboxylic acids is 2. The maximum atomic E-state index is 12.8. The highest BCUT2D eigenvalue weighted by Gasteiger charge is 2.25. The Labute approximate surface area is 364 Å². The quantitative estimate of drug-likeness (QED) is 0.0212. The molecule has 0 saturated carbocycles. The number of likely N-dealkylation sites (N-methyl/N-ethyl adjacent to an activating group) is 1. The molecule has 59 heavy (non-hydrogen) atoms. The Kier molecular flexibility index (Phi) is 41.3. The van der Waals surface area contributed by atoms with Crippen molar-refractivity contribution in [2.45, 2.75) is 245 Å². The van der Waals surface area contributed by atoms with Crippen LogP contribution >= 0.6 is 0 Å². The van der Waals surface area contributed by atoms with E-state index < -0.39 is 24.3 Å². The summed E-state index contributed by atoms with van der Waals surface area (Å²) in [5, 5.41) is 9.65. The summed E-state index contributed by atoms with van der Waals surface area (Å²) in [6.07, 6.45) is 42.7. The van der Waals surface area contributed by atoms with Crippen molar-refractivity contribution in [1.82, 2.24) is 0 Å². The Hall–Kier alpha value is -1.97. The second-order valence-corrected chi connectivity index (χ2v) is 18.1. The van der Waals surface area contributed by atoms with Crippen LogP contribution in [0.3, 0.4) is 0 Å². The summed E-state index contributed by atoms with van der Waals surface area (Å²) in [6.45, 7) is 4.90. The van der Waals surface area contributed by atoms with Crippen molar-refractivity contribution >= 4 is 17.9 Å². The summed E-state index contributed by atoms with van der Waals surface area (Å²) in [4.78, 5) is 37.2. The summed E-state index contributed by atoms with van der Waals surface area (Å²) in [5.74, 6) is -1.99. The highest BCUT2D eigenvalue weighted by Crippen LogP contribution is 2.16. The first-order chi connectivity index (χ1) is 28.6. The topological polar surface area (TPSA) is 108 Å². The van der Waals surface area contributed by atoms with Gasteiger partial charge in [0.05, 0.1) is 34.4 Å². The number of hydrogen-bond acceptors (Lipinski definition) is 7. The van der Waals surface area contributed by atoms with Crippen molar-refractivity contribution in [2.75, 3.05) is 47.5 Å². The molecule has 2 unspecified atom stereocenters. The Morgan fingerprint density at radius 2 is 0.864 bits per heavy atom. The van der Waals surface area contributed by atoms with Crippen molar-refractivity contribution in [1.29, 1.82) is 0 Å². The smallest absolute Gasteiger partial charge is 0.361 e. The van der Waals surface area contributed by atoms with Crippen LogP contribution in [0.15, 0.2) is 12.2 Å². The van der Waals surface area contributed by atoms with E-state index in [1.165, 1.54) is 167 Å². The van der Waals surface area contributed by atoms with Gasteiger partial charge in [-0.15, -0.1) is 0 Å². The fourth-order valence-electron chi connectivity index (χ4n) is 7.13. The number of carboxylic acid groups (broad SMARTS) is 1. The standard InChI is InChI=1S/C50H95NO8/c1-6-8-10-12-14-16-18-20-21-22-23-24-25-26-27-29-31-33-35-37-39-41-48(53)59-46(45-58-50(49(54)55)56-43-42-51(3,4)5)44-57-47(52)40-38-36-34-32-30-28-19-17-15-13-11-9-7-2/h22-23,46,50H,6-21,24-45H2,1-5H3/p+1/b23-22-. The number of allylic oxidation sites excluding steroid dienone is 2. The van der Waals surface area contributed by atoms with Gasteiger partial charge in [0.2, 0.25) is 0 Å². The molecule has 0 heterocycles. The molecule has 0 radical (unpaired) electrons. The molecule has 0 aliphatic rings. The molecule has 0 fully saturated rings. The lowest BCUT2D eigenvalue weighted by molar-refractivity contribution is -0.870. The third-order valence-electron chi connectivity index (χ3n) is 11.0. The third-order valence-corrected chi connectivity index (χ3v) is 11.0. The Morgan fingerprint density at radius 3 is 1.25 bits per heavy atom. The Balaban J connectivity index is 4.31. The summed E-state index contributed by atoms with van der Waals surface area (Å²) < 4.78 is 22.8. The summed E-state index contributed by atoms with van der Waals surface area (Å²) in [5.41, 5.74) is 0. The van der Waals surface area contributed by atoms with E-state index in [1.807, 2.05) is 21.1 Å². The summed E-state index contributed by atoms with van der Waals surface area (Å²) >= 11 is 0. The first-order valence-corrected chi connectivity index (χ1v) is 24.9. The molecule has 1 N–H and O–H groups in total. The van der Waals surface area contributed by atoms with Gasteiger partial charge < -0.3 is 28.5 Å². The molecular formula is C50H96NO8+. The van der Waals surface area contributed by atoms with Crippen molar-refractivity contribution < 1.29 is 42.9 Å². The predicted octanol–water partition coefficient (Wildman–Crippen LogP) is 13.5. The minimum absolute atomic E-state index is 0.177. The zero-order valence-electron chi connectivity index (χ0n) is 39.4. The SMILES string of the molecule is CCCCCCCCCC/C=C\CCCCCCCCCCCC(=O)OC(COC(=O)CCCCCCCCCCCCCCC)COC(OCC[N+](C)(C)C)C(=O)O. The monoisotopic (exact) mass is 839 g/mol. The number of esters is 2. The van der Waals surface area contributed by atoms with E-state index in [1.54, 1.807) is 0 Å². The zero-order chi connectivity index (χ0) is 43.5. The van der Waals surface area contributed by atoms with Crippen LogP contribution < -0.4 is 0 Å². The van der Waals surface area contributed by atoms with E-state index in [-0.39, 0.29) is 32.2 Å². The first-order valence-electron chi connectivity index (χ1n) is 24.9. The second kappa shape index (κ2) is 42.7. The lowest BCUT2D eigenvalue weighted by Gasteiger charge is -2.25. The molecule has 0 spiro atoms. The zero-order valence-corrected chi connectivity index (χ0v) is 39.4. The normalized spacial score (nSPS) is 12.9. The molecule has 0 amide bonds. The fourth-order valence-corrected chi connectivity index (χ4v) is 7.13. The summed E-state index contributed by atoms with van der Waals surface area (Å²) in [7, 11) is 5.96. The molecule has 0 bridgehead atoms. The molecule has 0 aliphatic carbocycles. The van der Waals surface area contributed by atoms with E-state index in [0.717, 1.165) is 38.5 Å². The molecule has 0 rings (SSSR count). The number of nitrogens with zero attached hydrogens (tertiary/aromatic N) is 1. The van der Waals surface area contributed by atoms with E-state index >= 15 is 0 Å². The maximum absolute atomic E-state index is 12.8. The van der Waals surface area contributed by atoms with Crippen LogP contribution in [0.25, 0.3) is 0 Å². The number of aliphatic carboxylic acids is 1. The maximum Gasteiger partial charge on any atom is 0.361 e. The van der Waals surface area contributed by atoms with Gasteiger partial charge in [-0.3, -0.25) is 9.59 Å². The van der Waals surface area contributed by atoms with Gasteiger partial charge in [-0.2, -0.15) is 0 Å². The van der Waals surface area contributed by atoms with Gasteiger partial charge in [0.1, 0.15) is 13.2 Å². The van der Waals surface area contributed by atoms with Crippen LogP contribution in [0.5, 0.6) is 0 Å². The van der Waals surface area contributed by atoms with Crippen molar-refractivity contribution in [2.24, 2.45) is 0 Å². The molecule has 9 heteroatoms. The van der Waals surface area contributed by atoms with Crippen molar-refractivity contribution in [3.8, 4) is 0 Å². The van der Waals surface area contributed by atoms with Crippen LogP contribution in [-0.4, -0.2) is 87.4 Å². The van der Waals surface area contributed by atoms with Crippen LogP contribution in [0.4, 0.5) is 0 Å². The number of carbonyl (C=O) groups is 3. The molecule has 0 aromatic rings. The Morgan fingerprint density at radius 1 is 0.492 bits per heavy atom. The predicted molar refractivity (Wildman–Crippen MR) is 245 cm³/mol. The number of carboxylic acids is 1. The minimum atomic E-state index is -1.50. The average molecular weight is 839 g/mol. The largest absolute Gasteiger partial charge is 0.477 e. The van der Waals surface area contributed by atoms with E-state index in [2.05, 4.69) is 26.0 Å². The number of ether oxygens (including phenoxy) is 4. The number of unbranched alkanes of at least 4 members (excludes halogenated alkanes) is 29. The van der Waals surface area contributed by atoms with Gasteiger partial charge in [-0.25, -0.2) is 4.79 Å². The number of quaternary nitrogens is 1. The van der Waals surface area contributed by atoms with Gasteiger partial charge in [0, 0.05) is 12.8 Å². The van der Waals surface area contributed by atoms with Crippen molar-refractivity contribution in [3.63, 3.8) is 0 Å².